The molecule has 0 unspecified atom stereocenters. The van der Waals surface area contributed by atoms with Crippen LogP contribution in [0.25, 0.3) is 0 Å². The SMILES string of the molecule is Cc1n[nH]c(C)c1S(=O)(=O)NCCc1nccn1C. The molecule has 0 amide bonds. The molecule has 2 aromatic rings. The molecule has 0 radical (unpaired) electrons. The molecule has 2 N–H and O–H groups in total. The molecular formula is C11H17N5O2S. The number of nitrogens with one attached hydrogen (secondary N) is 2. The zero-order chi connectivity index (χ0) is 14.0. The topological polar surface area (TPSA) is 92.7 Å². The maximum atomic E-state index is 12.2. The minimum atomic E-state index is -3.53. The van der Waals surface area contributed by atoms with Crippen molar-refractivity contribution in [2.45, 2.75) is 25.2 Å². The molecule has 2 heterocycles. The highest BCUT2D eigenvalue weighted by molar-refractivity contribution is 7.89. The Labute approximate surface area is 112 Å². The van der Waals surface area contributed by atoms with Gasteiger partial charge < -0.3 is 4.57 Å². The van der Waals surface area contributed by atoms with Gasteiger partial charge in [-0.2, -0.15) is 5.10 Å². The first-order chi connectivity index (χ1) is 8.92. The van der Waals surface area contributed by atoms with Gasteiger partial charge in [0, 0.05) is 32.4 Å². The third-order valence-corrected chi connectivity index (χ3v) is 4.61. The summed E-state index contributed by atoms with van der Waals surface area (Å²) in [5, 5.41) is 6.56. The minimum Gasteiger partial charge on any atom is -0.338 e. The van der Waals surface area contributed by atoms with Crippen LogP contribution in [-0.4, -0.2) is 34.7 Å². The number of aromatic nitrogens is 4. The minimum absolute atomic E-state index is 0.229. The molecule has 0 atom stereocenters. The molecule has 0 bridgehead atoms. The van der Waals surface area contributed by atoms with Crippen LogP contribution in [0.1, 0.15) is 17.2 Å². The molecule has 0 aliphatic rings. The van der Waals surface area contributed by atoms with Crippen LogP contribution in [0.5, 0.6) is 0 Å². The fraction of sp³-hybridized carbons (Fsp3) is 0.455. The largest absolute Gasteiger partial charge is 0.338 e. The van der Waals surface area contributed by atoms with Crippen molar-refractivity contribution in [2.24, 2.45) is 7.05 Å². The standard InChI is InChI=1S/C11H17N5O2S/c1-8-11(9(2)15-14-8)19(17,18)13-5-4-10-12-6-7-16(10)3/h6-7,13H,4-5H2,1-3H3,(H,14,15). The number of nitrogens with zero attached hydrogens (tertiary/aromatic N) is 3. The number of sulfonamides is 1. The van der Waals surface area contributed by atoms with Gasteiger partial charge in [-0.05, 0) is 13.8 Å². The maximum absolute atomic E-state index is 12.2. The molecule has 0 fully saturated rings. The van der Waals surface area contributed by atoms with Gasteiger partial charge >= 0.3 is 0 Å². The Hall–Kier alpha value is -1.67. The molecule has 0 spiro atoms. The predicted octanol–water partition coefficient (Wildman–Crippen LogP) is 0.281. The van der Waals surface area contributed by atoms with Crippen molar-refractivity contribution in [2.75, 3.05) is 6.54 Å². The summed E-state index contributed by atoms with van der Waals surface area (Å²) in [5.41, 5.74) is 1.02. The molecule has 0 aliphatic heterocycles. The van der Waals surface area contributed by atoms with Gasteiger partial charge in [0.2, 0.25) is 10.0 Å². The van der Waals surface area contributed by atoms with Gasteiger partial charge in [-0.15, -0.1) is 0 Å². The van der Waals surface area contributed by atoms with Gasteiger partial charge in [0.15, 0.2) is 0 Å². The van der Waals surface area contributed by atoms with Crippen LogP contribution in [0.2, 0.25) is 0 Å². The van der Waals surface area contributed by atoms with Crippen LogP contribution in [0.4, 0.5) is 0 Å². The lowest BCUT2D eigenvalue weighted by molar-refractivity contribution is 0.579. The monoisotopic (exact) mass is 283 g/mol. The Morgan fingerprint density at radius 1 is 1.42 bits per heavy atom. The Morgan fingerprint density at radius 3 is 2.68 bits per heavy atom. The average molecular weight is 283 g/mol. The van der Waals surface area contributed by atoms with Gasteiger partial charge in [-0.3, -0.25) is 5.10 Å². The van der Waals surface area contributed by atoms with E-state index >= 15 is 0 Å². The summed E-state index contributed by atoms with van der Waals surface area (Å²) in [5.74, 6) is 0.836. The highest BCUT2D eigenvalue weighted by Crippen LogP contribution is 2.15. The van der Waals surface area contributed by atoms with Crippen LogP contribution in [-0.2, 0) is 23.5 Å². The lowest BCUT2D eigenvalue weighted by atomic mass is 10.4. The molecule has 2 aromatic heterocycles. The lowest BCUT2D eigenvalue weighted by Gasteiger charge is -2.06. The number of rotatable bonds is 5. The Bertz CT molecular complexity index is 652. The summed E-state index contributed by atoms with van der Waals surface area (Å²) in [7, 11) is -1.65. The summed E-state index contributed by atoms with van der Waals surface area (Å²) in [6.45, 7) is 3.65. The van der Waals surface area contributed by atoms with E-state index < -0.39 is 10.0 Å². The van der Waals surface area contributed by atoms with E-state index in [2.05, 4.69) is 19.9 Å². The fourth-order valence-corrected chi connectivity index (χ4v) is 3.34. The number of hydrogen-bond donors (Lipinski definition) is 2. The first kappa shape index (κ1) is 13.8. The second-order valence-electron chi connectivity index (χ2n) is 4.37. The average Bonchev–Trinajstić information content (AvgIpc) is 2.86. The van der Waals surface area contributed by atoms with Crippen molar-refractivity contribution in [1.29, 1.82) is 0 Å². The second kappa shape index (κ2) is 5.14. The third-order valence-electron chi connectivity index (χ3n) is 2.89. The van der Waals surface area contributed by atoms with Crippen LogP contribution < -0.4 is 4.72 Å². The highest BCUT2D eigenvalue weighted by Gasteiger charge is 2.21. The van der Waals surface area contributed by atoms with Crippen LogP contribution in [0, 0.1) is 13.8 Å². The van der Waals surface area contributed by atoms with Crippen molar-refractivity contribution in [1.82, 2.24) is 24.5 Å². The summed E-state index contributed by atoms with van der Waals surface area (Å²) < 4.78 is 28.7. The number of aromatic amines is 1. The van der Waals surface area contributed by atoms with Gasteiger partial charge in [0.1, 0.15) is 10.7 Å². The molecule has 2 rings (SSSR count). The van der Waals surface area contributed by atoms with Crippen molar-refractivity contribution in [3.63, 3.8) is 0 Å². The van der Waals surface area contributed by atoms with Crippen LogP contribution >= 0.6 is 0 Å². The summed E-state index contributed by atoms with van der Waals surface area (Å²) in [4.78, 5) is 4.37. The van der Waals surface area contributed by atoms with Gasteiger partial charge in [0.05, 0.1) is 11.4 Å². The Morgan fingerprint density at radius 2 is 2.16 bits per heavy atom. The van der Waals surface area contributed by atoms with E-state index in [9.17, 15) is 8.42 Å². The number of aryl methyl sites for hydroxylation is 3. The van der Waals surface area contributed by atoms with E-state index in [1.165, 1.54) is 0 Å². The molecule has 0 saturated carbocycles. The molecule has 7 nitrogen and oxygen atoms in total. The van der Waals surface area contributed by atoms with E-state index in [4.69, 9.17) is 0 Å². The Kier molecular flexibility index (Phi) is 3.72. The molecule has 104 valence electrons. The van der Waals surface area contributed by atoms with E-state index in [0.717, 1.165) is 5.82 Å². The molecule has 0 aromatic carbocycles. The van der Waals surface area contributed by atoms with Crippen molar-refractivity contribution in [3.05, 3.63) is 29.6 Å². The Balaban J connectivity index is 2.05. The number of imidazole rings is 1. The second-order valence-corrected chi connectivity index (χ2v) is 6.07. The molecule has 19 heavy (non-hydrogen) atoms. The van der Waals surface area contributed by atoms with Crippen molar-refractivity contribution >= 4 is 10.0 Å². The normalized spacial score (nSPS) is 11.9. The first-order valence-corrected chi connectivity index (χ1v) is 7.37. The fourth-order valence-electron chi connectivity index (χ4n) is 1.94. The summed E-state index contributed by atoms with van der Waals surface area (Å²) in [6, 6.07) is 0. The van der Waals surface area contributed by atoms with Gasteiger partial charge in [0.25, 0.3) is 0 Å². The van der Waals surface area contributed by atoms with E-state index in [0.29, 0.717) is 24.4 Å². The van der Waals surface area contributed by atoms with Gasteiger partial charge in [-0.1, -0.05) is 0 Å². The maximum Gasteiger partial charge on any atom is 0.244 e. The van der Waals surface area contributed by atoms with Crippen molar-refractivity contribution in [3.8, 4) is 0 Å². The number of H-pyrrole nitrogens is 1. The number of hydrogen-bond acceptors (Lipinski definition) is 4. The van der Waals surface area contributed by atoms with E-state index in [1.807, 2.05) is 17.8 Å². The van der Waals surface area contributed by atoms with Gasteiger partial charge in [-0.25, -0.2) is 18.1 Å². The molecule has 0 saturated heterocycles. The zero-order valence-corrected chi connectivity index (χ0v) is 12.0. The third kappa shape index (κ3) is 2.85. The molecule has 8 heteroatoms. The summed E-state index contributed by atoms with van der Waals surface area (Å²) in [6.07, 6.45) is 4.06. The predicted molar refractivity (Wildman–Crippen MR) is 70.2 cm³/mol. The smallest absolute Gasteiger partial charge is 0.244 e. The molecular weight excluding hydrogens is 266 g/mol. The quantitative estimate of drug-likeness (QED) is 0.824. The first-order valence-electron chi connectivity index (χ1n) is 5.89. The zero-order valence-electron chi connectivity index (χ0n) is 11.1. The summed E-state index contributed by atoms with van der Waals surface area (Å²) >= 11 is 0. The molecule has 0 aliphatic carbocycles. The van der Waals surface area contributed by atoms with E-state index in [-0.39, 0.29) is 4.90 Å². The van der Waals surface area contributed by atoms with E-state index in [1.54, 1.807) is 20.0 Å². The highest BCUT2D eigenvalue weighted by atomic mass is 32.2. The van der Waals surface area contributed by atoms with Crippen molar-refractivity contribution < 1.29 is 8.42 Å². The lowest BCUT2D eigenvalue weighted by Crippen LogP contribution is -2.27. The van der Waals surface area contributed by atoms with Crippen LogP contribution in [0.3, 0.4) is 0 Å². The van der Waals surface area contributed by atoms with Crippen LogP contribution in [0.15, 0.2) is 17.3 Å².